The van der Waals surface area contributed by atoms with Gasteiger partial charge in [0, 0.05) is 18.5 Å². The van der Waals surface area contributed by atoms with E-state index in [1.807, 2.05) is 12.1 Å². The van der Waals surface area contributed by atoms with E-state index >= 15 is 0 Å². The zero-order chi connectivity index (χ0) is 15.1. The molecule has 1 aromatic heterocycles. The average Bonchev–Trinajstić information content (AvgIpc) is 3.00. The summed E-state index contributed by atoms with van der Waals surface area (Å²) in [7, 11) is 3.47. The second kappa shape index (κ2) is 9.68. The molecular formula is C16H22IN3OS. The first-order valence-electron chi connectivity index (χ1n) is 6.82. The maximum Gasteiger partial charge on any atom is 0.191 e. The van der Waals surface area contributed by atoms with Crippen LogP contribution in [-0.4, -0.2) is 20.1 Å². The van der Waals surface area contributed by atoms with Gasteiger partial charge < -0.3 is 15.4 Å². The van der Waals surface area contributed by atoms with Crippen molar-refractivity contribution < 1.29 is 4.74 Å². The van der Waals surface area contributed by atoms with Crippen LogP contribution in [0.2, 0.25) is 0 Å². The molecule has 2 rings (SSSR count). The predicted octanol–water partition coefficient (Wildman–Crippen LogP) is 3.55. The van der Waals surface area contributed by atoms with Gasteiger partial charge in [0.2, 0.25) is 0 Å². The SMILES string of the molecule is CN=C(NCc1cc(C)cc(OC)c1)NCc1cccs1.I. The van der Waals surface area contributed by atoms with Crippen molar-refractivity contribution >= 4 is 41.3 Å². The number of hydrogen-bond donors (Lipinski definition) is 2. The van der Waals surface area contributed by atoms with Gasteiger partial charge in [-0.3, -0.25) is 4.99 Å². The standard InChI is InChI=1S/C16H21N3OS.HI/c1-12-7-13(9-14(8-12)20-3)10-18-16(17-2)19-11-15-5-4-6-21-15;/h4-9H,10-11H2,1-3H3,(H2,17,18,19);1H. The molecule has 6 heteroatoms. The maximum absolute atomic E-state index is 5.29. The molecular weight excluding hydrogens is 409 g/mol. The van der Waals surface area contributed by atoms with E-state index in [1.165, 1.54) is 16.0 Å². The summed E-state index contributed by atoms with van der Waals surface area (Å²) in [5.74, 6) is 1.68. The number of methoxy groups -OCH3 is 1. The summed E-state index contributed by atoms with van der Waals surface area (Å²) in [6.45, 7) is 3.56. The molecule has 22 heavy (non-hydrogen) atoms. The molecule has 4 nitrogen and oxygen atoms in total. The van der Waals surface area contributed by atoms with Gasteiger partial charge in [-0.25, -0.2) is 0 Å². The zero-order valence-electron chi connectivity index (χ0n) is 13.1. The van der Waals surface area contributed by atoms with Gasteiger partial charge in [0.15, 0.2) is 5.96 Å². The fraction of sp³-hybridized carbons (Fsp3) is 0.312. The number of benzene rings is 1. The van der Waals surface area contributed by atoms with Gasteiger partial charge in [0.05, 0.1) is 13.7 Å². The fourth-order valence-electron chi connectivity index (χ4n) is 2.03. The minimum Gasteiger partial charge on any atom is -0.497 e. The molecule has 2 N–H and O–H groups in total. The Balaban J connectivity index is 0.00000242. The third-order valence-electron chi connectivity index (χ3n) is 3.04. The number of ether oxygens (including phenoxy) is 1. The van der Waals surface area contributed by atoms with Crippen molar-refractivity contribution in [3.05, 3.63) is 51.7 Å². The first kappa shape index (κ1) is 18.8. The fourth-order valence-corrected chi connectivity index (χ4v) is 2.68. The topological polar surface area (TPSA) is 45.7 Å². The number of rotatable bonds is 5. The molecule has 1 heterocycles. The molecule has 0 aliphatic heterocycles. The number of aryl methyl sites for hydroxylation is 1. The number of hydrogen-bond acceptors (Lipinski definition) is 3. The highest BCUT2D eigenvalue weighted by Gasteiger charge is 2.02. The number of thiophene rings is 1. The van der Waals surface area contributed by atoms with E-state index in [4.69, 9.17) is 4.74 Å². The normalized spacial score (nSPS) is 10.8. The van der Waals surface area contributed by atoms with Gasteiger partial charge >= 0.3 is 0 Å². The highest BCUT2D eigenvalue weighted by Crippen LogP contribution is 2.16. The summed E-state index contributed by atoms with van der Waals surface area (Å²) in [4.78, 5) is 5.52. The lowest BCUT2D eigenvalue weighted by Gasteiger charge is -2.12. The Bertz CT molecular complexity index is 599. The quantitative estimate of drug-likeness (QED) is 0.433. The van der Waals surface area contributed by atoms with Crippen molar-refractivity contribution in [1.29, 1.82) is 0 Å². The lowest BCUT2D eigenvalue weighted by atomic mass is 10.1. The molecule has 0 spiro atoms. The molecule has 0 fully saturated rings. The molecule has 0 saturated carbocycles. The molecule has 0 aliphatic carbocycles. The highest BCUT2D eigenvalue weighted by atomic mass is 127. The number of nitrogens with zero attached hydrogens (tertiary/aromatic N) is 1. The van der Waals surface area contributed by atoms with E-state index < -0.39 is 0 Å². The van der Waals surface area contributed by atoms with Gasteiger partial charge in [0.1, 0.15) is 5.75 Å². The second-order valence-corrected chi connectivity index (χ2v) is 5.75. The Morgan fingerprint density at radius 1 is 1.23 bits per heavy atom. The third kappa shape index (κ3) is 5.84. The lowest BCUT2D eigenvalue weighted by Crippen LogP contribution is -2.36. The van der Waals surface area contributed by atoms with Crippen LogP contribution in [-0.2, 0) is 13.1 Å². The third-order valence-corrected chi connectivity index (χ3v) is 3.92. The Hall–Kier alpha value is -1.28. The average molecular weight is 431 g/mol. The Morgan fingerprint density at radius 3 is 2.64 bits per heavy atom. The van der Waals surface area contributed by atoms with Crippen LogP contribution in [0.15, 0.2) is 40.7 Å². The van der Waals surface area contributed by atoms with Crippen LogP contribution in [0, 0.1) is 6.92 Å². The molecule has 0 aliphatic rings. The van der Waals surface area contributed by atoms with E-state index in [-0.39, 0.29) is 24.0 Å². The first-order chi connectivity index (χ1) is 10.2. The maximum atomic E-state index is 5.29. The summed E-state index contributed by atoms with van der Waals surface area (Å²) in [6, 6.07) is 10.4. The molecule has 1 aromatic carbocycles. The molecule has 0 amide bonds. The number of guanidine groups is 1. The van der Waals surface area contributed by atoms with Gasteiger partial charge in [-0.2, -0.15) is 0 Å². The lowest BCUT2D eigenvalue weighted by molar-refractivity contribution is 0.414. The van der Waals surface area contributed by atoms with Gasteiger partial charge in [-0.15, -0.1) is 35.3 Å². The first-order valence-corrected chi connectivity index (χ1v) is 7.70. The molecule has 2 aromatic rings. The smallest absolute Gasteiger partial charge is 0.191 e. The summed E-state index contributed by atoms with van der Waals surface area (Å²) in [6.07, 6.45) is 0. The van der Waals surface area contributed by atoms with Gasteiger partial charge in [0.25, 0.3) is 0 Å². The molecule has 0 bridgehead atoms. The van der Waals surface area contributed by atoms with Crippen molar-refractivity contribution in [2.75, 3.05) is 14.2 Å². The summed E-state index contributed by atoms with van der Waals surface area (Å²) < 4.78 is 5.29. The number of halogens is 1. The van der Waals surface area contributed by atoms with Crippen LogP contribution < -0.4 is 15.4 Å². The van der Waals surface area contributed by atoms with Crippen LogP contribution in [0.3, 0.4) is 0 Å². The summed E-state index contributed by atoms with van der Waals surface area (Å²) in [5.41, 5.74) is 2.36. The molecule has 0 saturated heterocycles. The van der Waals surface area contributed by atoms with Crippen molar-refractivity contribution in [3.63, 3.8) is 0 Å². The molecule has 120 valence electrons. The van der Waals surface area contributed by atoms with Crippen molar-refractivity contribution in [2.45, 2.75) is 20.0 Å². The van der Waals surface area contributed by atoms with Crippen LogP contribution in [0.1, 0.15) is 16.0 Å². The van der Waals surface area contributed by atoms with E-state index in [2.05, 4.69) is 46.1 Å². The van der Waals surface area contributed by atoms with Crippen LogP contribution in [0.25, 0.3) is 0 Å². The van der Waals surface area contributed by atoms with Gasteiger partial charge in [-0.05, 0) is 41.6 Å². The van der Waals surface area contributed by atoms with Crippen LogP contribution in [0.5, 0.6) is 5.75 Å². The van der Waals surface area contributed by atoms with Crippen molar-refractivity contribution in [1.82, 2.24) is 10.6 Å². The molecule has 0 atom stereocenters. The Morgan fingerprint density at radius 2 is 2.00 bits per heavy atom. The highest BCUT2D eigenvalue weighted by molar-refractivity contribution is 14.0. The second-order valence-electron chi connectivity index (χ2n) is 4.72. The summed E-state index contributed by atoms with van der Waals surface area (Å²) in [5, 5.41) is 8.69. The minimum absolute atomic E-state index is 0. The van der Waals surface area contributed by atoms with E-state index in [0.717, 1.165) is 18.3 Å². The van der Waals surface area contributed by atoms with Gasteiger partial charge in [-0.1, -0.05) is 12.1 Å². The molecule has 0 radical (unpaired) electrons. The van der Waals surface area contributed by atoms with Crippen LogP contribution >= 0.6 is 35.3 Å². The number of aliphatic imine (C=N–C) groups is 1. The summed E-state index contributed by atoms with van der Waals surface area (Å²) >= 11 is 1.73. The van der Waals surface area contributed by atoms with Crippen molar-refractivity contribution in [3.8, 4) is 5.75 Å². The minimum atomic E-state index is 0. The van der Waals surface area contributed by atoms with E-state index in [9.17, 15) is 0 Å². The largest absolute Gasteiger partial charge is 0.497 e. The van der Waals surface area contributed by atoms with Crippen molar-refractivity contribution in [2.24, 2.45) is 4.99 Å². The number of nitrogens with one attached hydrogen (secondary N) is 2. The Labute approximate surface area is 153 Å². The predicted molar refractivity (Wildman–Crippen MR) is 105 cm³/mol. The van der Waals surface area contributed by atoms with E-state index in [1.54, 1.807) is 25.5 Å². The molecule has 0 unspecified atom stereocenters. The monoisotopic (exact) mass is 431 g/mol. The zero-order valence-corrected chi connectivity index (χ0v) is 16.2. The van der Waals surface area contributed by atoms with E-state index in [0.29, 0.717) is 6.54 Å². The van der Waals surface area contributed by atoms with Crippen LogP contribution in [0.4, 0.5) is 0 Å². The Kier molecular flexibility index (Phi) is 8.26.